The molecule has 0 bridgehead atoms. The van der Waals surface area contributed by atoms with Gasteiger partial charge in [0.05, 0.1) is 16.0 Å². The van der Waals surface area contributed by atoms with Crippen LogP contribution in [-0.2, 0) is 19.1 Å². The molecule has 0 aromatic carbocycles. The maximum absolute atomic E-state index is 11.6. The maximum atomic E-state index is 11.6. The second-order valence-electron chi connectivity index (χ2n) is 3.65. The predicted molar refractivity (Wildman–Crippen MR) is 62.7 cm³/mol. The average molecular weight is 352 g/mol. The summed E-state index contributed by atoms with van der Waals surface area (Å²) in [5, 5.41) is 0. The van der Waals surface area contributed by atoms with Crippen molar-refractivity contribution in [3.8, 4) is 0 Å². The average Bonchev–Trinajstić information content (AvgIpc) is 2.69. The first kappa shape index (κ1) is 11.9. The Bertz CT molecular complexity index is 425. The molecule has 0 aliphatic carbocycles. The van der Waals surface area contributed by atoms with E-state index in [2.05, 4.69) is 31.9 Å². The molecule has 2 heterocycles. The fraction of sp³-hybridized carbons (Fsp3) is 0.400. The molecule has 0 spiro atoms. The van der Waals surface area contributed by atoms with Crippen molar-refractivity contribution in [1.29, 1.82) is 0 Å². The zero-order valence-corrected chi connectivity index (χ0v) is 11.5. The van der Waals surface area contributed by atoms with Gasteiger partial charge < -0.3 is 9.47 Å². The Morgan fingerprint density at radius 3 is 2.56 bits per heavy atom. The lowest BCUT2D eigenvalue weighted by Gasteiger charge is -2.07. The van der Waals surface area contributed by atoms with Crippen LogP contribution in [0.25, 0.3) is 0 Å². The van der Waals surface area contributed by atoms with E-state index >= 15 is 0 Å². The lowest BCUT2D eigenvalue weighted by molar-refractivity contribution is -0.143. The molecule has 2 rings (SSSR count). The molecule has 2 aliphatic heterocycles. The minimum absolute atomic E-state index is 0.178. The van der Waals surface area contributed by atoms with Gasteiger partial charge in [-0.15, -0.1) is 0 Å². The van der Waals surface area contributed by atoms with Crippen molar-refractivity contribution >= 4 is 43.8 Å². The largest absolute Gasteiger partial charge is 0.457 e. The summed E-state index contributed by atoms with van der Waals surface area (Å²) < 4.78 is 10.6. The number of cyclic esters (lactones) is 2. The molecule has 16 heavy (non-hydrogen) atoms. The summed E-state index contributed by atoms with van der Waals surface area (Å²) in [4.78, 5) is 24.4. The van der Waals surface area contributed by atoms with Crippen LogP contribution in [0, 0.1) is 5.92 Å². The first-order valence-corrected chi connectivity index (χ1v) is 6.38. The molecule has 0 N–H and O–H groups in total. The zero-order chi connectivity index (χ0) is 11.9. The van der Waals surface area contributed by atoms with Crippen molar-refractivity contribution in [1.82, 2.24) is 0 Å². The Hall–Kier alpha value is -0.620. The molecule has 2 unspecified atom stereocenters. The van der Waals surface area contributed by atoms with Crippen molar-refractivity contribution in [2.45, 2.75) is 19.4 Å². The molecule has 0 aromatic heterocycles. The smallest absolute Gasteiger partial charge is 0.344 e. The number of ether oxygens (including phenoxy) is 2. The molecular weight excluding hydrogens is 344 g/mol. The first-order valence-electron chi connectivity index (χ1n) is 4.67. The fourth-order valence-electron chi connectivity index (χ4n) is 1.66. The quantitative estimate of drug-likeness (QED) is 0.680. The minimum Gasteiger partial charge on any atom is -0.457 e. The van der Waals surface area contributed by atoms with E-state index in [4.69, 9.17) is 9.47 Å². The van der Waals surface area contributed by atoms with E-state index in [1.807, 2.05) is 0 Å². The third kappa shape index (κ3) is 1.84. The van der Waals surface area contributed by atoms with Crippen LogP contribution in [0.3, 0.4) is 0 Å². The fourth-order valence-corrected chi connectivity index (χ4v) is 2.91. The Morgan fingerprint density at radius 1 is 1.44 bits per heavy atom. The van der Waals surface area contributed by atoms with Gasteiger partial charge in [-0.3, -0.25) is 4.79 Å². The summed E-state index contributed by atoms with van der Waals surface area (Å²) in [5.41, 5.74) is 0.378. The number of allylic oxidation sites excluding steroid dienone is 1. The number of hydrogen-bond donors (Lipinski definition) is 0. The SMILES string of the molecule is CC1CC(C2=C(Br)C(=CBr)OC2=O)OC1=O. The molecule has 2 atom stereocenters. The van der Waals surface area contributed by atoms with Gasteiger partial charge in [-0.1, -0.05) is 22.9 Å². The molecule has 0 saturated carbocycles. The topological polar surface area (TPSA) is 52.6 Å². The van der Waals surface area contributed by atoms with Crippen molar-refractivity contribution in [3.63, 3.8) is 0 Å². The van der Waals surface area contributed by atoms with Gasteiger partial charge in [0.15, 0.2) is 5.76 Å². The van der Waals surface area contributed by atoms with E-state index in [0.29, 0.717) is 22.2 Å². The van der Waals surface area contributed by atoms with E-state index in [-0.39, 0.29) is 11.9 Å². The van der Waals surface area contributed by atoms with E-state index in [0.717, 1.165) is 0 Å². The van der Waals surface area contributed by atoms with Crippen LogP contribution in [0.1, 0.15) is 13.3 Å². The summed E-state index contributed by atoms with van der Waals surface area (Å²) in [6, 6.07) is 0. The van der Waals surface area contributed by atoms with Crippen LogP contribution in [0.15, 0.2) is 20.8 Å². The Kier molecular flexibility index (Phi) is 3.21. The monoisotopic (exact) mass is 350 g/mol. The summed E-state index contributed by atoms with van der Waals surface area (Å²) in [6.45, 7) is 1.78. The third-order valence-electron chi connectivity index (χ3n) is 2.52. The third-order valence-corrected chi connectivity index (χ3v) is 3.76. The van der Waals surface area contributed by atoms with Crippen LogP contribution < -0.4 is 0 Å². The molecule has 0 radical (unpaired) electrons. The summed E-state index contributed by atoms with van der Waals surface area (Å²) in [5.74, 6) is -0.524. The normalized spacial score (nSPS) is 32.3. The number of hydrogen-bond acceptors (Lipinski definition) is 4. The molecule has 6 heteroatoms. The Morgan fingerprint density at radius 2 is 2.12 bits per heavy atom. The first-order chi connectivity index (χ1) is 7.54. The molecule has 1 saturated heterocycles. The summed E-state index contributed by atoms with van der Waals surface area (Å²) in [7, 11) is 0. The Balaban J connectivity index is 2.31. The van der Waals surface area contributed by atoms with Crippen LogP contribution in [-0.4, -0.2) is 18.0 Å². The Labute approximate surface area is 109 Å². The summed E-state index contributed by atoms with van der Waals surface area (Å²) >= 11 is 6.36. The predicted octanol–water partition coefficient (Wildman–Crippen LogP) is 2.38. The number of carbonyl (C=O) groups is 2. The second-order valence-corrected chi connectivity index (χ2v) is 4.90. The van der Waals surface area contributed by atoms with Crippen molar-refractivity contribution < 1.29 is 19.1 Å². The maximum Gasteiger partial charge on any atom is 0.344 e. The van der Waals surface area contributed by atoms with Gasteiger partial charge in [-0.25, -0.2) is 4.79 Å². The van der Waals surface area contributed by atoms with Crippen LogP contribution in [0.4, 0.5) is 0 Å². The van der Waals surface area contributed by atoms with Gasteiger partial charge in [0.2, 0.25) is 0 Å². The number of carbonyl (C=O) groups excluding carboxylic acids is 2. The standard InChI is InChI=1S/C10H8Br2O4/c1-4-2-5(15-9(4)13)7-8(12)6(3-11)16-10(7)14/h3-5H,2H2,1H3. The van der Waals surface area contributed by atoms with Gasteiger partial charge in [0, 0.05) is 11.4 Å². The van der Waals surface area contributed by atoms with Crippen LogP contribution >= 0.6 is 31.9 Å². The number of halogens is 2. The highest BCUT2D eigenvalue weighted by Crippen LogP contribution is 2.38. The van der Waals surface area contributed by atoms with Gasteiger partial charge in [-0.05, 0) is 15.9 Å². The zero-order valence-electron chi connectivity index (χ0n) is 8.33. The minimum atomic E-state index is -0.505. The van der Waals surface area contributed by atoms with E-state index in [1.165, 1.54) is 4.99 Å². The van der Waals surface area contributed by atoms with Crippen molar-refractivity contribution in [2.24, 2.45) is 5.92 Å². The van der Waals surface area contributed by atoms with Crippen LogP contribution in [0.2, 0.25) is 0 Å². The van der Waals surface area contributed by atoms with E-state index in [9.17, 15) is 9.59 Å². The lowest BCUT2D eigenvalue weighted by atomic mass is 10.0. The molecule has 0 amide bonds. The van der Waals surface area contributed by atoms with E-state index < -0.39 is 12.1 Å². The molecule has 4 nitrogen and oxygen atoms in total. The van der Waals surface area contributed by atoms with Crippen LogP contribution in [0.5, 0.6) is 0 Å². The number of rotatable bonds is 1. The highest BCUT2D eigenvalue weighted by atomic mass is 79.9. The molecule has 2 aliphatic rings. The second kappa shape index (κ2) is 4.33. The van der Waals surface area contributed by atoms with Gasteiger partial charge in [0.1, 0.15) is 6.10 Å². The molecular formula is C10H8Br2O4. The summed E-state index contributed by atoms with van der Waals surface area (Å²) in [6.07, 6.45) is 0.00261. The van der Waals surface area contributed by atoms with Gasteiger partial charge in [-0.2, -0.15) is 0 Å². The molecule has 1 fully saturated rings. The van der Waals surface area contributed by atoms with Crippen molar-refractivity contribution in [2.75, 3.05) is 0 Å². The van der Waals surface area contributed by atoms with Gasteiger partial charge in [0.25, 0.3) is 0 Å². The van der Waals surface area contributed by atoms with Crippen molar-refractivity contribution in [3.05, 3.63) is 20.8 Å². The lowest BCUT2D eigenvalue weighted by Crippen LogP contribution is -2.16. The molecule has 0 aromatic rings. The number of esters is 2. The highest BCUT2D eigenvalue weighted by molar-refractivity contribution is 9.12. The molecule has 86 valence electrons. The van der Waals surface area contributed by atoms with Gasteiger partial charge >= 0.3 is 11.9 Å². The van der Waals surface area contributed by atoms with E-state index in [1.54, 1.807) is 6.92 Å². The highest BCUT2D eigenvalue weighted by Gasteiger charge is 2.41.